The largest absolute Gasteiger partial charge is 0.397 e. The summed E-state index contributed by atoms with van der Waals surface area (Å²) in [7, 11) is 0. The molecule has 1 aliphatic rings. The molecule has 1 aliphatic heterocycles. The molecule has 0 aromatic carbocycles. The van der Waals surface area contributed by atoms with Gasteiger partial charge in [-0.1, -0.05) is 13.8 Å². The highest BCUT2D eigenvalue weighted by Crippen LogP contribution is 2.32. The normalized spacial score (nSPS) is 19.1. The number of hydrogen-bond donors (Lipinski definition) is 1. The van der Waals surface area contributed by atoms with Crippen molar-refractivity contribution in [1.29, 1.82) is 0 Å². The van der Waals surface area contributed by atoms with E-state index in [4.69, 9.17) is 5.73 Å². The minimum atomic E-state index is 0.0804. The van der Waals surface area contributed by atoms with Gasteiger partial charge in [-0.2, -0.15) is 0 Å². The number of amides is 1. The fourth-order valence-electron chi connectivity index (χ4n) is 1.77. The lowest BCUT2D eigenvalue weighted by atomic mass is 9.84. The van der Waals surface area contributed by atoms with Crippen LogP contribution in [0.1, 0.15) is 23.5 Å². The van der Waals surface area contributed by atoms with E-state index in [-0.39, 0.29) is 11.3 Å². The number of rotatable bonds is 1. The van der Waals surface area contributed by atoms with E-state index in [0.717, 1.165) is 13.1 Å². The smallest absolute Gasteiger partial charge is 0.266 e. The lowest BCUT2D eigenvalue weighted by Gasteiger charge is -2.45. The number of thiophene rings is 1. The molecule has 0 spiro atoms. The second-order valence-electron chi connectivity index (χ2n) is 4.53. The predicted octanol–water partition coefficient (Wildman–Crippen LogP) is 1.81. The molecule has 3 nitrogen and oxygen atoms in total. The van der Waals surface area contributed by atoms with E-state index < -0.39 is 0 Å². The second kappa shape index (κ2) is 2.98. The molecule has 1 fully saturated rings. The molecule has 0 radical (unpaired) electrons. The van der Waals surface area contributed by atoms with Crippen molar-refractivity contribution < 1.29 is 4.79 Å². The maximum Gasteiger partial charge on any atom is 0.266 e. The van der Waals surface area contributed by atoms with Crippen LogP contribution >= 0.6 is 11.3 Å². The van der Waals surface area contributed by atoms with Crippen LogP contribution in [0.15, 0.2) is 11.4 Å². The van der Waals surface area contributed by atoms with Crippen LogP contribution in [0.5, 0.6) is 0 Å². The molecule has 0 aliphatic carbocycles. The lowest BCUT2D eigenvalue weighted by Crippen LogP contribution is -2.55. The zero-order valence-electron chi connectivity index (χ0n) is 8.41. The van der Waals surface area contributed by atoms with Gasteiger partial charge in [-0.05, 0) is 16.9 Å². The first-order valence-electron chi connectivity index (χ1n) is 4.62. The Bertz CT molecular complexity index is 362. The molecule has 0 unspecified atom stereocenters. The summed E-state index contributed by atoms with van der Waals surface area (Å²) in [6, 6.07) is 1.78. The number of likely N-dealkylation sites (tertiary alicyclic amines) is 1. The van der Waals surface area contributed by atoms with Gasteiger partial charge in [-0.15, -0.1) is 11.3 Å². The van der Waals surface area contributed by atoms with Gasteiger partial charge in [0, 0.05) is 13.1 Å². The second-order valence-corrected chi connectivity index (χ2v) is 5.45. The van der Waals surface area contributed by atoms with Crippen LogP contribution in [0.2, 0.25) is 0 Å². The van der Waals surface area contributed by atoms with Gasteiger partial charge in [0.25, 0.3) is 5.91 Å². The van der Waals surface area contributed by atoms with E-state index in [1.165, 1.54) is 11.3 Å². The molecule has 0 bridgehead atoms. The number of nitrogens with two attached hydrogens (primary N) is 1. The highest BCUT2D eigenvalue weighted by atomic mass is 32.1. The predicted molar refractivity (Wildman–Crippen MR) is 58.4 cm³/mol. The third kappa shape index (κ3) is 1.50. The average Bonchev–Trinajstić information content (AvgIpc) is 2.45. The standard InChI is InChI=1S/C10H14N2OS/c1-10(2)5-12(6-10)9(13)8-7(11)3-4-14-8/h3-4H,5-6,11H2,1-2H3. The van der Waals surface area contributed by atoms with Gasteiger partial charge in [-0.25, -0.2) is 0 Å². The molecule has 76 valence electrons. The molecule has 1 amide bonds. The van der Waals surface area contributed by atoms with E-state index >= 15 is 0 Å². The summed E-state index contributed by atoms with van der Waals surface area (Å²) in [6.07, 6.45) is 0. The molecule has 1 saturated heterocycles. The molecule has 4 heteroatoms. The highest BCUT2D eigenvalue weighted by molar-refractivity contribution is 7.12. The van der Waals surface area contributed by atoms with Crippen molar-refractivity contribution in [2.75, 3.05) is 18.8 Å². The Morgan fingerprint density at radius 3 is 2.64 bits per heavy atom. The molecule has 2 N–H and O–H groups in total. The number of carbonyl (C=O) groups excluding carboxylic acids is 1. The molecule has 0 atom stereocenters. The van der Waals surface area contributed by atoms with Crippen molar-refractivity contribution in [3.8, 4) is 0 Å². The van der Waals surface area contributed by atoms with Gasteiger partial charge in [0.1, 0.15) is 4.88 Å². The van der Waals surface area contributed by atoms with E-state index in [9.17, 15) is 4.79 Å². The molecular formula is C10H14N2OS. The van der Waals surface area contributed by atoms with Gasteiger partial charge in [0.05, 0.1) is 5.69 Å². The van der Waals surface area contributed by atoms with Crippen molar-refractivity contribution in [1.82, 2.24) is 4.90 Å². The van der Waals surface area contributed by atoms with Crippen LogP contribution in [0.4, 0.5) is 5.69 Å². The van der Waals surface area contributed by atoms with Gasteiger partial charge < -0.3 is 10.6 Å². The zero-order chi connectivity index (χ0) is 10.3. The number of hydrogen-bond acceptors (Lipinski definition) is 3. The SMILES string of the molecule is CC1(C)CN(C(=O)c2sccc2N)C1. The van der Waals surface area contributed by atoms with Crippen molar-refractivity contribution in [2.45, 2.75) is 13.8 Å². The van der Waals surface area contributed by atoms with Crippen molar-refractivity contribution >= 4 is 22.9 Å². The van der Waals surface area contributed by atoms with Crippen molar-refractivity contribution in [3.05, 3.63) is 16.3 Å². The summed E-state index contributed by atoms with van der Waals surface area (Å²) < 4.78 is 0. The van der Waals surface area contributed by atoms with Gasteiger partial charge in [0.2, 0.25) is 0 Å². The first kappa shape index (κ1) is 9.52. The summed E-state index contributed by atoms with van der Waals surface area (Å²) in [5.41, 5.74) is 6.57. The summed E-state index contributed by atoms with van der Waals surface area (Å²) in [6.45, 7) is 6.00. The Hall–Kier alpha value is -1.03. The fraction of sp³-hybridized carbons (Fsp3) is 0.500. The number of nitrogens with zero attached hydrogens (tertiary/aromatic N) is 1. The summed E-state index contributed by atoms with van der Waals surface area (Å²) in [5.74, 6) is 0.0804. The van der Waals surface area contributed by atoms with Crippen LogP contribution in [0, 0.1) is 5.41 Å². The fourth-order valence-corrected chi connectivity index (χ4v) is 2.55. The third-order valence-corrected chi connectivity index (χ3v) is 3.33. The molecule has 1 aromatic rings. The Labute approximate surface area is 87.5 Å². The Kier molecular flexibility index (Phi) is 2.03. The molecule has 1 aromatic heterocycles. The van der Waals surface area contributed by atoms with E-state index in [1.54, 1.807) is 6.07 Å². The van der Waals surface area contributed by atoms with Crippen molar-refractivity contribution in [2.24, 2.45) is 5.41 Å². The van der Waals surface area contributed by atoms with E-state index in [1.807, 2.05) is 10.3 Å². The van der Waals surface area contributed by atoms with E-state index in [2.05, 4.69) is 13.8 Å². The first-order chi connectivity index (χ1) is 6.49. The topological polar surface area (TPSA) is 46.3 Å². The highest BCUT2D eigenvalue weighted by Gasteiger charge is 2.38. The van der Waals surface area contributed by atoms with Crippen LogP contribution in [-0.2, 0) is 0 Å². The lowest BCUT2D eigenvalue weighted by molar-refractivity contribution is 0.0241. The summed E-state index contributed by atoms with van der Waals surface area (Å²) >= 11 is 1.42. The third-order valence-electron chi connectivity index (χ3n) is 2.41. The molecule has 14 heavy (non-hydrogen) atoms. The maximum atomic E-state index is 11.9. The zero-order valence-corrected chi connectivity index (χ0v) is 9.23. The summed E-state index contributed by atoms with van der Waals surface area (Å²) in [5, 5.41) is 1.85. The van der Waals surface area contributed by atoms with E-state index in [0.29, 0.717) is 10.6 Å². The average molecular weight is 210 g/mol. The molecular weight excluding hydrogens is 196 g/mol. The minimum Gasteiger partial charge on any atom is -0.397 e. The van der Waals surface area contributed by atoms with Crippen LogP contribution in [0.25, 0.3) is 0 Å². The molecule has 2 rings (SSSR count). The number of nitrogen functional groups attached to an aromatic ring is 1. The van der Waals surface area contributed by atoms with Crippen LogP contribution in [0.3, 0.4) is 0 Å². The van der Waals surface area contributed by atoms with Gasteiger partial charge >= 0.3 is 0 Å². The molecule has 2 heterocycles. The Balaban J connectivity index is 2.08. The first-order valence-corrected chi connectivity index (χ1v) is 5.50. The maximum absolute atomic E-state index is 11.9. The number of anilines is 1. The van der Waals surface area contributed by atoms with Gasteiger partial charge in [0.15, 0.2) is 0 Å². The Morgan fingerprint density at radius 2 is 2.21 bits per heavy atom. The quantitative estimate of drug-likeness (QED) is 0.768. The minimum absolute atomic E-state index is 0.0804. The summed E-state index contributed by atoms with van der Waals surface area (Å²) in [4.78, 5) is 14.4. The monoisotopic (exact) mass is 210 g/mol. The molecule has 0 saturated carbocycles. The van der Waals surface area contributed by atoms with Crippen molar-refractivity contribution in [3.63, 3.8) is 0 Å². The van der Waals surface area contributed by atoms with Gasteiger partial charge in [-0.3, -0.25) is 4.79 Å². The Morgan fingerprint density at radius 1 is 1.57 bits per heavy atom. The number of carbonyl (C=O) groups is 1. The van der Waals surface area contributed by atoms with Crippen LogP contribution in [-0.4, -0.2) is 23.9 Å². The van der Waals surface area contributed by atoms with Crippen LogP contribution < -0.4 is 5.73 Å².